The summed E-state index contributed by atoms with van der Waals surface area (Å²) in [4.78, 5) is 11.7. The lowest BCUT2D eigenvalue weighted by molar-refractivity contribution is -0.123. The Balaban J connectivity index is 2.17. The Morgan fingerprint density at radius 2 is 1.94 bits per heavy atom. The third-order valence-electron chi connectivity index (χ3n) is 3.54. The van der Waals surface area contributed by atoms with Crippen molar-refractivity contribution in [2.75, 3.05) is 0 Å². The zero-order chi connectivity index (χ0) is 12.4. The molecule has 2 nitrogen and oxygen atoms in total. The zero-order valence-electron chi connectivity index (χ0n) is 10.7. The maximum atomic E-state index is 11.7. The average molecular weight is 232 g/mol. The highest BCUT2D eigenvalue weighted by atomic mass is 16.5. The number of carbonyl (C=O) groups is 1. The summed E-state index contributed by atoms with van der Waals surface area (Å²) in [6.07, 6.45) is 0.970. The summed E-state index contributed by atoms with van der Waals surface area (Å²) in [5.74, 6) is 0.694. The van der Waals surface area contributed by atoms with Crippen LogP contribution in [0.15, 0.2) is 30.3 Å². The van der Waals surface area contributed by atoms with E-state index in [-0.39, 0.29) is 23.9 Å². The lowest BCUT2D eigenvalue weighted by atomic mass is 9.88. The van der Waals surface area contributed by atoms with E-state index in [4.69, 9.17) is 4.74 Å². The molecule has 92 valence electrons. The fourth-order valence-corrected chi connectivity index (χ4v) is 2.61. The Morgan fingerprint density at radius 3 is 2.41 bits per heavy atom. The van der Waals surface area contributed by atoms with Crippen LogP contribution in [0.5, 0.6) is 0 Å². The molecule has 0 saturated carbocycles. The third kappa shape index (κ3) is 2.58. The van der Waals surface area contributed by atoms with Gasteiger partial charge in [0.1, 0.15) is 5.78 Å². The van der Waals surface area contributed by atoms with Crippen LogP contribution in [-0.2, 0) is 9.53 Å². The molecule has 0 amide bonds. The number of hydrogen-bond donors (Lipinski definition) is 0. The van der Waals surface area contributed by atoms with E-state index in [1.165, 1.54) is 5.56 Å². The molecule has 3 atom stereocenters. The van der Waals surface area contributed by atoms with Crippen LogP contribution in [0.4, 0.5) is 0 Å². The molecule has 0 N–H and O–H groups in total. The molecular formula is C15H20O2. The molecule has 0 bridgehead atoms. The first-order chi connectivity index (χ1) is 8.09. The molecule has 2 rings (SSSR count). The minimum absolute atomic E-state index is 0.0557. The number of rotatable bonds is 3. The number of Topliss-reactive ketones (excluding diaryl/α,β-unsaturated/α-hetero) is 1. The maximum absolute atomic E-state index is 11.7. The number of carbonyl (C=O) groups excluding carboxylic acids is 1. The van der Waals surface area contributed by atoms with Crippen LogP contribution in [0.3, 0.4) is 0 Å². The smallest absolute Gasteiger partial charge is 0.135 e. The summed E-state index contributed by atoms with van der Waals surface area (Å²) >= 11 is 0. The standard InChI is InChI=1S/C15H20O2/c1-10(2)15-13(11(3)16)9-14(17-15)12-7-5-4-6-8-12/h4-8,10,13-15H,9H2,1-3H3/t13?,14-,15-/m1/s1. The second kappa shape index (κ2) is 5.01. The van der Waals surface area contributed by atoms with Crippen LogP contribution >= 0.6 is 0 Å². The summed E-state index contributed by atoms with van der Waals surface area (Å²) in [5, 5.41) is 0. The Hall–Kier alpha value is -1.15. The largest absolute Gasteiger partial charge is 0.369 e. The summed E-state index contributed by atoms with van der Waals surface area (Å²) in [5.41, 5.74) is 1.18. The molecule has 1 aromatic rings. The highest BCUT2D eigenvalue weighted by Crippen LogP contribution is 2.40. The topological polar surface area (TPSA) is 26.3 Å². The number of hydrogen-bond acceptors (Lipinski definition) is 2. The quantitative estimate of drug-likeness (QED) is 0.798. The van der Waals surface area contributed by atoms with Crippen LogP contribution < -0.4 is 0 Å². The maximum Gasteiger partial charge on any atom is 0.135 e. The van der Waals surface area contributed by atoms with Crippen LogP contribution in [0.25, 0.3) is 0 Å². The van der Waals surface area contributed by atoms with Gasteiger partial charge in [0.15, 0.2) is 0 Å². The van der Waals surface area contributed by atoms with Gasteiger partial charge in [-0.05, 0) is 24.8 Å². The monoisotopic (exact) mass is 232 g/mol. The molecule has 0 aliphatic carbocycles. The molecule has 17 heavy (non-hydrogen) atoms. The highest BCUT2D eigenvalue weighted by molar-refractivity contribution is 5.79. The van der Waals surface area contributed by atoms with Gasteiger partial charge in [-0.2, -0.15) is 0 Å². The van der Waals surface area contributed by atoms with Gasteiger partial charge < -0.3 is 4.74 Å². The zero-order valence-corrected chi connectivity index (χ0v) is 10.7. The lowest BCUT2D eigenvalue weighted by Gasteiger charge is -2.20. The van der Waals surface area contributed by atoms with E-state index in [1.54, 1.807) is 6.92 Å². The average Bonchev–Trinajstić information content (AvgIpc) is 2.75. The summed E-state index contributed by atoms with van der Waals surface area (Å²) in [6, 6.07) is 10.2. The Kier molecular flexibility index (Phi) is 3.63. The normalized spacial score (nSPS) is 28.6. The fraction of sp³-hybridized carbons (Fsp3) is 0.533. The highest BCUT2D eigenvalue weighted by Gasteiger charge is 2.39. The van der Waals surface area contributed by atoms with E-state index in [1.807, 2.05) is 18.2 Å². The molecule has 1 saturated heterocycles. The summed E-state index contributed by atoms with van der Waals surface area (Å²) in [6.45, 7) is 5.92. The summed E-state index contributed by atoms with van der Waals surface area (Å²) in [7, 11) is 0. The van der Waals surface area contributed by atoms with Gasteiger partial charge in [-0.25, -0.2) is 0 Å². The second-order valence-corrected chi connectivity index (χ2v) is 5.20. The number of ether oxygens (including phenoxy) is 1. The molecule has 1 aromatic carbocycles. The molecule has 1 aliphatic rings. The molecule has 0 aromatic heterocycles. The van der Waals surface area contributed by atoms with Gasteiger partial charge in [-0.15, -0.1) is 0 Å². The van der Waals surface area contributed by atoms with Gasteiger partial charge >= 0.3 is 0 Å². The molecule has 1 heterocycles. The van der Waals surface area contributed by atoms with Crippen molar-refractivity contribution in [3.05, 3.63) is 35.9 Å². The predicted octanol–water partition coefficient (Wildman–Crippen LogP) is 3.38. The first-order valence-electron chi connectivity index (χ1n) is 6.30. The molecule has 0 radical (unpaired) electrons. The van der Waals surface area contributed by atoms with Crippen molar-refractivity contribution in [2.45, 2.75) is 39.4 Å². The Bertz CT molecular complexity index is 383. The Morgan fingerprint density at radius 1 is 1.29 bits per heavy atom. The second-order valence-electron chi connectivity index (χ2n) is 5.20. The molecule has 1 fully saturated rings. The van der Waals surface area contributed by atoms with Crippen molar-refractivity contribution in [3.63, 3.8) is 0 Å². The molecule has 2 heteroatoms. The SMILES string of the molecule is CC(=O)C1C[C@H](c2ccccc2)O[C@@H]1C(C)C. The van der Waals surface area contributed by atoms with Crippen LogP contribution in [0, 0.1) is 11.8 Å². The lowest BCUT2D eigenvalue weighted by Crippen LogP contribution is -2.27. The van der Waals surface area contributed by atoms with Crippen molar-refractivity contribution in [1.29, 1.82) is 0 Å². The van der Waals surface area contributed by atoms with E-state index in [0.29, 0.717) is 5.92 Å². The third-order valence-corrected chi connectivity index (χ3v) is 3.54. The van der Waals surface area contributed by atoms with Gasteiger partial charge in [0.05, 0.1) is 12.2 Å². The van der Waals surface area contributed by atoms with Crippen LogP contribution in [0.1, 0.15) is 38.9 Å². The van der Waals surface area contributed by atoms with Crippen molar-refractivity contribution in [2.24, 2.45) is 11.8 Å². The number of ketones is 1. The minimum Gasteiger partial charge on any atom is -0.369 e. The molecule has 1 aliphatic heterocycles. The van der Waals surface area contributed by atoms with E-state index >= 15 is 0 Å². The van der Waals surface area contributed by atoms with Crippen molar-refractivity contribution in [1.82, 2.24) is 0 Å². The molecular weight excluding hydrogens is 212 g/mol. The van der Waals surface area contributed by atoms with E-state index in [0.717, 1.165) is 6.42 Å². The predicted molar refractivity (Wildman–Crippen MR) is 67.7 cm³/mol. The minimum atomic E-state index is 0.0557. The fourth-order valence-electron chi connectivity index (χ4n) is 2.61. The summed E-state index contributed by atoms with van der Waals surface area (Å²) < 4.78 is 6.06. The van der Waals surface area contributed by atoms with Crippen molar-refractivity contribution < 1.29 is 9.53 Å². The van der Waals surface area contributed by atoms with Gasteiger partial charge in [0.2, 0.25) is 0 Å². The van der Waals surface area contributed by atoms with Crippen LogP contribution in [0.2, 0.25) is 0 Å². The first-order valence-corrected chi connectivity index (χ1v) is 6.30. The van der Waals surface area contributed by atoms with Gasteiger partial charge in [-0.1, -0.05) is 44.2 Å². The van der Waals surface area contributed by atoms with E-state index in [2.05, 4.69) is 26.0 Å². The van der Waals surface area contributed by atoms with E-state index in [9.17, 15) is 4.79 Å². The van der Waals surface area contributed by atoms with Crippen LogP contribution in [-0.4, -0.2) is 11.9 Å². The molecule has 0 spiro atoms. The van der Waals surface area contributed by atoms with Gasteiger partial charge in [-0.3, -0.25) is 4.79 Å². The Labute approximate surface area is 103 Å². The number of benzene rings is 1. The van der Waals surface area contributed by atoms with Gasteiger partial charge in [0.25, 0.3) is 0 Å². The molecule has 1 unspecified atom stereocenters. The van der Waals surface area contributed by atoms with Crippen molar-refractivity contribution in [3.8, 4) is 0 Å². The van der Waals surface area contributed by atoms with Gasteiger partial charge in [0, 0.05) is 5.92 Å². The first kappa shape index (κ1) is 12.3. The van der Waals surface area contributed by atoms with E-state index < -0.39 is 0 Å². The van der Waals surface area contributed by atoms with Crippen molar-refractivity contribution >= 4 is 5.78 Å².